The summed E-state index contributed by atoms with van der Waals surface area (Å²) in [6.45, 7) is 10.9. The van der Waals surface area contributed by atoms with Gasteiger partial charge in [0.25, 0.3) is 5.95 Å². The third-order valence-electron chi connectivity index (χ3n) is 6.40. The van der Waals surface area contributed by atoms with Crippen LogP contribution in [0.5, 0.6) is 23.5 Å². The molecule has 0 aliphatic carbocycles. The van der Waals surface area contributed by atoms with Crippen LogP contribution in [0.4, 0.5) is 11.6 Å². The number of rotatable bonds is 10. The minimum atomic E-state index is -1.50. The molecule has 0 bridgehead atoms. The molecular weight excluding hydrogens is 518 g/mol. The Morgan fingerprint density at radius 3 is 2.51 bits per heavy atom. The fourth-order valence-corrected chi connectivity index (χ4v) is 5.28. The minimum Gasteiger partial charge on any atom is -0.479 e. The van der Waals surface area contributed by atoms with Crippen LogP contribution in [0.25, 0.3) is 0 Å². The number of aromatic nitrogens is 2. The largest absolute Gasteiger partial charge is 0.479 e. The van der Waals surface area contributed by atoms with Crippen LogP contribution in [0.2, 0.25) is 19.6 Å². The number of anilines is 2. The minimum absolute atomic E-state index is 0.0347. The third-order valence-corrected chi connectivity index (χ3v) is 8.45. The lowest BCUT2D eigenvalue weighted by molar-refractivity contribution is -0.115. The van der Waals surface area contributed by atoms with E-state index in [2.05, 4.69) is 53.1 Å². The van der Waals surface area contributed by atoms with Gasteiger partial charge in [-0.2, -0.15) is 9.97 Å². The van der Waals surface area contributed by atoms with E-state index in [4.69, 9.17) is 29.1 Å². The van der Waals surface area contributed by atoms with Crippen LogP contribution in [0, 0.1) is 6.92 Å². The maximum atomic E-state index is 12.9. The van der Waals surface area contributed by atoms with Crippen molar-refractivity contribution in [3.05, 3.63) is 41.7 Å². The zero-order chi connectivity index (χ0) is 28.2. The SMILES string of the molecule is COc1nc(N2CCOC(CN)C2)nc(OC)c1NC(=O)Cc1ccc(Oc2cc([Si](C)(C)C)ccc2C)o1. The number of benzene rings is 1. The van der Waals surface area contributed by atoms with Gasteiger partial charge in [0, 0.05) is 25.7 Å². The summed E-state index contributed by atoms with van der Waals surface area (Å²) in [5.74, 6) is 1.92. The van der Waals surface area contributed by atoms with Gasteiger partial charge in [0.05, 0.1) is 41.4 Å². The topological polar surface area (TPSA) is 134 Å². The average molecular weight is 556 g/mol. The molecule has 3 heterocycles. The van der Waals surface area contributed by atoms with Crippen molar-refractivity contribution in [2.45, 2.75) is 39.1 Å². The number of nitrogens with zero attached hydrogens (tertiary/aromatic N) is 3. The van der Waals surface area contributed by atoms with E-state index in [9.17, 15) is 4.79 Å². The van der Waals surface area contributed by atoms with E-state index in [-0.39, 0.29) is 35.9 Å². The first-order valence-electron chi connectivity index (χ1n) is 12.9. The van der Waals surface area contributed by atoms with Crippen LogP contribution < -0.4 is 35.3 Å². The highest BCUT2D eigenvalue weighted by Gasteiger charge is 2.26. The highest BCUT2D eigenvalue weighted by Crippen LogP contribution is 2.34. The van der Waals surface area contributed by atoms with Gasteiger partial charge in [-0.25, -0.2) is 0 Å². The highest BCUT2D eigenvalue weighted by atomic mass is 28.3. The molecule has 39 heavy (non-hydrogen) atoms. The summed E-state index contributed by atoms with van der Waals surface area (Å²) in [5, 5.41) is 4.09. The van der Waals surface area contributed by atoms with E-state index >= 15 is 0 Å². The maximum absolute atomic E-state index is 12.9. The second-order valence-electron chi connectivity index (χ2n) is 10.4. The number of furan rings is 1. The van der Waals surface area contributed by atoms with Crippen LogP contribution in [-0.2, 0) is 16.0 Å². The van der Waals surface area contributed by atoms with Gasteiger partial charge in [-0.1, -0.05) is 37.0 Å². The van der Waals surface area contributed by atoms with E-state index < -0.39 is 8.07 Å². The highest BCUT2D eigenvalue weighted by molar-refractivity contribution is 6.88. The number of morpholine rings is 1. The summed E-state index contributed by atoms with van der Waals surface area (Å²) in [6, 6.07) is 9.71. The molecule has 1 unspecified atom stereocenters. The Hall–Kier alpha value is -3.61. The molecular formula is C27H37N5O6Si. The molecule has 0 radical (unpaired) electrons. The molecule has 1 fully saturated rings. The molecule has 2 aromatic heterocycles. The van der Waals surface area contributed by atoms with Crippen LogP contribution in [0.1, 0.15) is 11.3 Å². The van der Waals surface area contributed by atoms with Gasteiger partial charge < -0.3 is 39.3 Å². The summed E-state index contributed by atoms with van der Waals surface area (Å²) in [6.07, 6.45) is -0.151. The summed E-state index contributed by atoms with van der Waals surface area (Å²) in [4.78, 5) is 23.9. The van der Waals surface area contributed by atoms with Gasteiger partial charge in [0.2, 0.25) is 23.6 Å². The van der Waals surface area contributed by atoms with Gasteiger partial charge >= 0.3 is 0 Å². The number of amides is 1. The molecule has 3 aromatic rings. The number of nitrogens with two attached hydrogens (primary N) is 1. The summed E-state index contributed by atoms with van der Waals surface area (Å²) in [7, 11) is 1.44. The Morgan fingerprint density at radius 2 is 1.87 bits per heavy atom. The Morgan fingerprint density at radius 1 is 1.15 bits per heavy atom. The standard InChI is InChI=1S/C27H37N5O6Si/c1-17-7-9-20(39(4,5)6)14-21(17)38-23-10-8-18(37-23)13-22(33)29-24-25(34-2)30-27(31-26(24)35-3)32-11-12-36-19(15-28)16-32/h7-10,14,19H,11-13,15-16,28H2,1-6H3,(H,29,33). The first-order chi connectivity index (χ1) is 18.6. The molecule has 1 aliphatic heterocycles. The van der Waals surface area contributed by atoms with Crippen LogP contribution in [-0.4, -0.2) is 70.5 Å². The number of ether oxygens (including phenoxy) is 4. The fraction of sp³-hybridized carbons (Fsp3) is 0.444. The van der Waals surface area contributed by atoms with E-state index in [1.807, 2.05) is 11.8 Å². The van der Waals surface area contributed by atoms with Crippen molar-refractivity contribution in [2.75, 3.05) is 50.7 Å². The third kappa shape index (κ3) is 6.88. The first-order valence-corrected chi connectivity index (χ1v) is 16.4. The quantitative estimate of drug-likeness (QED) is 0.359. The van der Waals surface area contributed by atoms with Gasteiger partial charge in [-0.05, 0) is 24.6 Å². The molecule has 3 N–H and O–H groups in total. The van der Waals surface area contributed by atoms with Crippen molar-refractivity contribution in [3.8, 4) is 23.5 Å². The molecule has 1 aromatic carbocycles. The molecule has 1 amide bonds. The Labute approximate surface area is 229 Å². The molecule has 4 rings (SSSR count). The number of hydrogen-bond acceptors (Lipinski definition) is 10. The predicted molar refractivity (Wildman–Crippen MR) is 151 cm³/mol. The smallest absolute Gasteiger partial charge is 0.290 e. The Balaban J connectivity index is 1.46. The van der Waals surface area contributed by atoms with E-state index in [0.717, 1.165) is 11.3 Å². The number of nitrogens with one attached hydrogen (secondary N) is 1. The molecule has 11 nitrogen and oxygen atoms in total. The second-order valence-corrected chi connectivity index (χ2v) is 15.4. The molecule has 0 saturated carbocycles. The summed E-state index contributed by atoms with van der Waals surface area (Å²) in [5.41, 5.74) is 7.00. The monoisotopic (exact) mass is 555 g/mol. The number of carbonyl (C=O) groups excluding carboxylic acids is 1. The molecule has 210 valence electrons. The summed E-state index contributed by atoms with van der Waals surface area (Å²) < 4.78 is 28.4. The van der Waals surface area contributed by atoms with Crippen molar-refractivity contribution >= 4 is 30.8 Å². The first kappa shape index (κ1) is 28.4. The molecule has 1 atom stereocenters. The average Bonchev–Trinajstić information content (AvgIpc) is 3.35. The number of aryl methyl sites for hydroxylation is 1. The second kappa shape index (κ2) is 12.1. The number of hydrogen-bond donors (Lipinski definition) is 2. The maximum Gasteiger partial charge on any atom is 0.290 e. The van der Waals surface area contributed by atoms with Crippen molar-refractivity contribution in [1.82, 2.24) is 9.97 Å². The summed E-state index contributed by atoms with van der Waals surface area (Å²) >= 11 is 0. The Kier molecular flexibility index (Phi) is 8.78. The van der Waals surface area contributed by atoms with Gasteiger partial charge in [-0.3, -0.25) is 4.79 Å². The predicted octanol–water partition coefficient (Wildman–Crippen LogP) is 3.08. The number of methoxy groups -OCH3 is 2. The van der Waals surface area contributed by atoms with E-state index in [1.54, 1.807) is 12.1 Å². The Bertz CT molecular complexity index is 1280. The molecule has 1 aliphatic rings. The zero-order valence-corrected chi connectivity index (χ0v) is 24.4. The van der Waals surface area contributed by atoms with Gasteiger partial charge in [-0.15, -0.1) is 0 Å². The zero-order valence-electron chi connectivity index (χ0n) is 23.4. The lowest BCUT2D eigenvalue weighted by Crippen LogP contribution is -2.46. The lowest BCUT2D eigenvalue weighted by atomic mass is 10.2. The lowest BCUT2D eigenvalue weighted by Gasteiger charge is -2.32. The molecule has 1 saturated heterocycles. The van der Waals surface area contributed by atoms with Gasteiger partial charge in [0.15, 0.2) is 5.69 Å². The molecule has 0 spiro atoms. The van der Waals surface area contributed by atoms with Gasteiger partial charge in [0.1, 0.15) is 11.5 Å². The van der Waals surface area contributed by atoms with Crippen LogP contribution in [0.3, 0.4) is 0 Å². The van der Waals surface area contributed by atoms with Crippen molar-refractivity contribution in [3.63, 3.8) is 0 Å². The van der Waals surface area contributed by atoms with Crippen molar-refractivity contribution < 1.29 is 28.2 Å². The van der Waals surface area contributed by atoms with E-state index in [0.29, 0.717) is 43.9 Å². The van der Waals surface area contributed by atoms with Crippen LogP contribution >= 0.6 is 0 Å². The van der Waals surface area contributed by atoms with Crippen LogP contribution in [0.15, 0.2) is 34.7 Å². The van der Waals surface area contributed by atoms with Crippen molar-refractivity contribution in [1.29, 1.82) is 0 Å². The fourth-order valence-electron chi connectivity index (χ4n) is 4.13. The van der Waals surface area contributed by atoms with Crippen molar-refractivity contribution in [2.24, 2.45) is 5.73 Å². The number of carbonyl (C=O) groups is 1. The molecule has 12 heteroatoms. The normalized spacial score (nSPS) is 15.7. The van der Waals surface area contributed by atoms with E-state index in [1.165, 1.54) is 19.4 Å².